The lowest BCUT2D eigenvalue weighted by Crippen LogP contribution is -2.32. The molecule has 2 atom stereocenters. The Kier molecular flexibility index (Phi) is 2.54. The molecule has 0 aliphatic carbocycles. The summed E-state index contributed by atoms with van der Waals surface area (Å²) in [6.45, 7) is 4.87. The summed E-state index contributed by atoms with van der Waals surface area (Å²) >= 11 is 0. The van der Waals surface area contributed by atoms with Gasteiger partial charge in [0.25, 0.3) is 0 Å². The van der Waals surface area contributed by atoms with Crippen LogP contribution in [-0.4, -0.2) is 8.80 Å². The first-order valence-corrected chi connectivity index (χ1v) is 6.86. The van der Waals surface area contributed by atoms with Crippen LogP contribution in [0, 0.1) is 0 Å². The monoisotopic (exact) mass is 189 g/mol. The molecule has 1 fully saturated rings. The minimum absolute atomic E-state index is 0.245. The van der Waals surface area contributed by atoms with Crippen molar-refractivity contribution in [3.05, 3.63) is 30.3 Å². The zero-order valence-corrected chi connectivity index (χ0v) is 9.46. The molecule has 1 heterocycles. The third-order valence-electron chi connectivity index (χ3n) is 3.20. The Bertz CT molecular complexity index is 258. The highest BCUT2D eigenvalue weighted by atomic mass is 28.3. The van der Waals surface area contributed by atoms with Gasteiger partial charge in [-0.2, -0.15) is 0 Å². The summed E-state index contributed by atoms with van der Waals surface area (Å²) in [5.41, 5.74) is 1.95. The largest absolute Gasteiger partial charge is 0.0915 e. The second-order valence-corrected chi connectivity index (χ2v) is 7.66. The summed E-state index contributed by atoms with van der Waals surface area (Å²) in [5.74, 6) is 0. The molecule has 0 nitrogen and oxygen atoms in total. The van der Waals surface area contributed by atoms with Crippen molar-refractivity contribution in [1.82, 2.24) is 0 Å². The van der Waals surface area contributed by atoms with E-state index in [9.17, 15) is 0 Å². The van der Waals surface area contributed by atoms with Gasteiger partial charge in [0.15, 0.2) is 0 Å². The van der Waals surface area contributed by atoms with Gasteiger partial charge in [0.1, 0.15) is 0 Å². The summed E-state index contributed by atoms with van der Waals surface area (Å²) in [5, 5.41) is 1.64. The minimum Gasteiger partial charge on any atom is -0.0648 e. The average Bonchev–Trinajstić information content (AvgIpc) is 2.48. The Balaban J connectivity index is 2.25. The highest BCUT2D eigenvalue weighted by Gasteiger charge is 2.32. The van der Waals surface area contributed by atoms with Crippen LogP contribution in [0.3, 0.4) is 0 Å². The molecule has 0 saturated carbocycles. The summed E-state index contributed by atoms with van der Waals surface area (Å²) in [6.07, 6.45) is 2.90. The van der Waals surface area contributed by atoms with Crippen LogP contribution in [0.2, 0.25) is 11.1 Å². The molecule has 1 aliphatic heterocycles. The van der Waals surface area contributed by atoms with E-state index in [4.69, 9.17) is 0 Å². The normalized spacial score (nSPS) is 29.4. The first-order valence-electron chi connectivity index (χ1n) is 5.21. The molecule has 0 aromatic heterocycles. The van der Waals surface area contributed by atoms with Gasteiger partial charge in [0.05, 0.1) is 8.80 Å². The van der Waals surface area contributed by atoms with E-state index in [1.165, 1.54) is 12.8 Å². The van der Waals surface area contributed by atoms with Crippen LogP contribution in [-0.2, 0) is 0 Å². The first kappa shape index (κ1) is 9.01. The fourth-order valence-corrected chi connectivity index (χ4v) is 6.14. The molecule has 1 saturated heterocycles. The van der Waals surface area contributed by atoms with Crippen LogP contribution in [0.5, 0.6) is 0 Å². The zero-order valence-electron chi connectivity index (χ0n) is 8.46. The highest BCUT2D eigenvalue weighted by Crippen LogP contribution is 2.37. The molecule has 0 spiro atoms. The summed E-state index contributed by atoms with van der Waals surface area (Å²) < 4.78 is 0. The third kappa shape index (κ3) is 1.71. The molecule has 0 bridgehead atoms. The van der Waals surface area contributed by atoms with Crippen molar-refractivity contribution in [2.24, 2.45) is 0 Å². The molecule has 1 aliphatic rings. The van der Waals surface area contributed by atoms with Crippen LogP contribution in [0.15, 0.2) is 30.3 Å². The van der Waals surface area contributed by atoms with Crippen molar-refractivity contribution in [2.45, 2.75) is 37.8 Å². The Morgan fingerprint density at radius 1 is 1.00 bits per heavy atom. The molecule has 13 heavy (non-hydrogen) atoms. The molecular weight excluding hydrogens is 172 g/mol. The Labute approximate surface area is 82.6 Å². The third-order valence-corrected chi connectivity index (χ3v) is 6.90. The smallest absolute Gasteiger partial charge is 0.0648 e. The Hall–Kier alpha value is -0.563. The molecular formula is C12H17Si. The fourth-order valence-electron chi connectivity index (χ4n) is 2.50. The number of rotatable bonds is 1. The molecule has 69 valence electrons. The van der Waals surface area contributed by atoms with Crippen LogP contribution in [0.1, 0.15) is 26.7 Å². The lowest BCUT2D eigenvalue weighted by molar-refractivity contribution is 0.765. The molecule has 0 unspecified atom stereocenters. The minimum atomic E-state index is -0.245. The average molecular weight is 189 g/mol. The summed E-state index contributed by atoms with van der Waals surface area (Å²) in [4.78, 5) is 0. The van der Waals surface area contributed by atoms with E-state index in [-0.39, 0.29) is 8.80 Å². The van der Waals surface area contributed by atoms with Crippen LogP contribution in [0.25, 0.3) is 0 Å². The van der Waals surface area contributed by atoms with E-state index < -0.39 is 0 Å². The van der Waals surface area contributed by atoms with Gasteiger partial charge in [-0.25, -0.2) is 0 Å². The van der Waals surface area contributed by atoms with Crippen molar-refractivity contribution in [1.29, 1.82) is 0 Å². The van der Waals surface area contributed by atoms with E-state index in [2.05, 4.69) is 44.2 Å². The lowest BCUT2D eigenvalue weighted by atomic mass is 10.2. The van der Waals surface area contributed by atoms with Crippen LogP contribution < -0.4 is 5.19 Å². The molecule has 0 amide bonds. The van der Waals surface area contributed by atoms with E-state index in [1.807, 2.05) is 0 Å². The number of hydrogen-bond donors (Lipinski definition) is 0. The van der Waals surface area contributed by atoms with Crippen molar-refractivity contribution in [2.75, 3.05) is 0 Å². The maximum absolute atomic E-state index is 2.44. The predicted octanol–water partition coefficient (Wildman–Crippen LogP) is 2.96. The van der Waals surface area contributed by atoms with Gasteiger partial charge < -0.3 is 0 Å². The molecule has 1 aromatic carbocycles. The van der Waals surface area contributed by atoms with E-state index in [0.717, 1.165) is 11.1 Å². The van der Waals surface area contributed by atoms with Gasteiger partial charge in [0, 0.05) is 0 Å². The topological polar surface area (TPSA) is 0 Å². The van der Waals surface area contributed by atoms with Gasteiger partial charge in [-0.1, -0.05) is 62.2 Å². The van der Waals surface area contributed by atoms with E-state index in [0.29, 0.717) is 0 Å². The van der Waals surface area contributed by atoms with E-state index >= 15 is 0 Å². The van der Waals surface area contributed by atoms with Crippen molar-refractivity contribution in [3.63, 3.8) is 0 Å². The highest BCUT2D eigenvalue weighted by molar-refractivity contribution is 6.76. The van der Waals surface area contributed by atoms with Gasteiger partial charge in [-0.05, 0) is 11.1 Å². The Morgan fingerprint density at radius 3 is 2.08 bits per heavy atom. The second kappa shape index (κ2) is 3.67. The summed E-state index contributed by atoms with van der Waals surface area (Å²) in [7, 11) is -0.245. The SMILES string of the molecule is C[C@@H]1CC[C@H](C)[Si]1c1ccccc1. The van der Waals surface area contributed by atoms with Crippen molar-refractivity contribution < 1.29 is 0 Å². The first-order chi connectivity index (χ1) is 6.29. The number of benzene rings is 1. The fraction of sp³-hybridized carbons (Fsp3) is 0.500. The maximum atomic E-state index is 2.44. The van der Waals surface area contributed by atoms with Crippen LogP contribution >= 0.6 is 0 Å². The maximum Gasteiger partial charge on any atom is 0.0915 e. The standard InChI is InChI=1S/C12H17Si/c1-10-8-9-11(2)13(10)12-6-4-3-5-7-12/h3-7,10-11H,8-9H2,1-2H3/t10-,11+. The van der Waals surface area contributed by atoms with E-state index in [1.54, 1.807) is 5.19 Å². The summed E-state index contributed by atoms with van der Waals surface area (Å²) in [6, 6.07) is 11.1. The van der Waals surface area contributed by atoms with Gasteiger partial charge >= 0.3 is 0 Å². The van der Waals surface area contributed by atoms with Gasteiger partial charge in [0.2, 0.25) is 0 Å². The molecule has 0 N–H and O–H groups in total. The quantitative estimate of drug-likeness (QED) is 0.596. The molecule has 1 heteroatoms. The molecule has 1 aromatic rings. The molecule has 1 radical (unpaired) electrons. The lowest BCUT2D eigenvalue weighted by Gasteiger charge is -2.17. The van der Waals surface area contributed by atoms with Gasteiger partial charge in [-0.3, -0.25) is 0 Å². The van der Waals surface area contributed by atoms with Crippen LogP contribution in [0.4, 0.5) is 0 Å². The Morgan fingerprint density at radius 2 is 1.54 bits per heavy atom. The van der Waals surface area contributed by atoms with Gasteiger partial charge in [-0.15, -0.1) is 0 Å². The number of hydrogen-bond acceptors (Lipinski definition) is 0. The zero-order chi connectivity index (χ0) is 9.26. The predicted molar refractivity (Wildman–Crippen MR) is 59.9 cm³/mol. The second-order valence-electron chi connectivity index (χ2n) is 4.20. The van der Waals surface area contributed by atoms with Crippen molar-refractivity contribution >= 4 is 14.0 Å². The van der Waals surface area contributed by atoms with Crippen molar-refractivity contribution in [3.8, 4) is 0 Å². The molecule has 2 rings (SSSR count).